The van der Waals surface area contributed by atoms with Crippen LogP contribution in [-0.4, -0.2) is 34.3 Å². The number of hydrogen-bond acceptors (Lipinski definition) is 4. The monoisotopic (exact) mass is 353 g/mol. The van der Waals surface area contributed by atoms with E-state index in [1.807, 2.05) is 19.1 Å². The fourth-order valence-corrected chi connectivity index (χ4v) is 3.10. The highest BCUT2D eigenvalue weighted by molar-refractivity contribution is 5.98. The third kappa shape index (κ3) is 4.20. The lowest BCUT2D eigenvalue weighted by molar-refractivity contribution is -0.136. The molecule has 6 nitrogen and oxygen atoms in total. The molecule has 0 unspecified atom stereocenters. The van der Waals surface area contributed by atoms with Gasteiger partial charge in [-0.25, -0.2) is 0 Å². The van der Waals surface area contributed by atoms with Crippen molar-refractivity contribution in [3.63, 3.8) is 0 Å². The number of para-hydroxylation sites is 2. The zero-order valence-electron chi connectivity index (χ0n) is 14.9. The third-order valence-electron chi connectivity index (χ3n) is 4.35. The second-order valence-corrected chi connectivity index (χ2v) is 6.27. The fraction of sp³-hybridized carbons (Fsp3) is 0.350. The van der Waals surface area contributed by atoms with Crippen molar-refractivity contribution in [3.8, 4) is 11.5 Å². The molecule has 1 fully saturated rings. The quantitative estimate of drug-likeness (QED) is 0.861. The van der Waals surface area contributed by atoms with Gasteiger partial charge in [-0.2, -0.15) is 0 Å². The number of nitrogens with one attached hydrogen (secondary N) is 1. The molecule has 3 rings (SSSR count). The zero-order chi connectivity index (χ0) is 18.4. The van der Waals surface area contributed by atoms with Crippen molar-refractivity contribution in [1.82, 2.24) is 9.88 Å². The van der Waals surface area contributed by atoms with Crippen molar-refractivity contribution < 1.29 is 14.3 Å². The second-order valence-electron chi connectivity index (χ2n) is 6.27. The van der Waals surface area contributed by atoms with Crippen LogP contribution < -0.4 is 10.1 Å². The molecule has 1 aliphatic rings. The van der Waals surface area contributed by atoms with E-state index < -0.39 is 6.04 Å². The number of hydrogen-bond donors (Lipinski definition) is 1. The van der Waals surface area contributed by atoms with E-state index in [1.165, 1.54) is 0 Å². The first-order valence-electron chi connectivity index (χ1n) is 8.96. The predicted octanol–water partition coefficient (Wildman–Crippen LogP) is 3.60. The molecule has 2 heterocycles. The molecule has 0 aliphatic carbocycles. The van der Waals surface area contributed by atoms with E-state index in [2.05, 4.69) is 10.3 Å². The highest BCUT2D eigenvalue weighted by atomic mass is 16.5. The second kappa shape index (κ2) is 8.47. The lowest BCUT2D eigenvalue weighted by Crippen LogP contribution is -2.43. The Morgan fingerprint density at radius 3 is 2.88 bits per heavy atom. The molecular formula is C20H23N3O3. The average molecular weight is 353 g/mol. The summed E-state index contributed by atoms with van der Waals surface area (Å²) in [6, 6.07) is 10.4. The van der Waals surface area contributed by atoms with E-state index >= 15 is 0 Å². The van der Waals surface area contributed by atoms with Gasteiger partial charge < -0.3 is 15.0 Å². The van der Waals surface area contributed by atoms with E-state index in [0.29, 0.717) is 36.6 Å². The number of anilines is 1. The number of pyridine rings is 1. The standard InChI is InChI=1S/C20H23N3O3/c1-2-7-19(24)23-13-6-10-17(23)20(25)22-16-9-3-4-11-18(16)26-15-8-5-12-21-14-15/h3-5,8-9,11-12,14,17H,2,6-7,10,13H2,1H3,(H,22,25)/t17-/m0/s1. The summed E-state index contributed by atoms with van der Waals surface area (Å²) in [7, 11) is 0. The Hall–Kier alpha value is -2.89. The van der Waals surface area contributed by atoms with Crippen LogP contribution in [0.15, 0.2) is 48.8 Å². The minimum absolute atomic E-state index is 0.0463. The molecule has 1 aliphatic heterocycles. The predicted molar refractivity (Wildman–Crippen MR) is 99.0 cm³/mol. The maximum Gasteiger partial charge on any atom is 0.247 e. The molecule has 1 aromatic carbocycles. The number of nitrogens with zero attached hydrogens (tertiary/aromatic N) is 2. The van der Waals surface area contributed by atoms with Crippen LogP contribution in [0.1, 0.15) is 32.6 Å². The number of benzene rings is 1. The van der Waals surface area contributed by atoms with Gasteiger partial charge in [0.05, 0.1) is 11.9 Å². The molecule has 1 aromatic heterocycles. The molecule has 2 amide bonds. The summed E-state index contributed by atoms with van der Waals surface area (Å²) in [6.45, 7) is 2.61. The molecule has 0 saturated carbocycles. The van der Waals surface area contributed by atoms with Gasteiger partial charge in [-0.3, -0.25) is 14.6 Å². The van der Waals surface area contributed by atoms with Crippen LogP contribution in [0.5, 0.6) is 11.5 Å². The van der Waals surface area contributed by atoms with E-state index in [4.69, 9.17) is 4.74 Å². The molecule has 0 radical (unpaired) electrons. The van der Waals surface area contributed by atoms with Gasteiger partial charge >= 0.3 is 0 Å². The van der Waals surface area contributed by atoms with E-state index in [1.54, 1.807) is 41.6 Å². The first kappa shape index (κ1) is 17.9. The molecule has 0 bridgehead atoms. The number of carbonyl (C=O) groups is 2. The molecule has 1 saturated heterocycles. The minimum Gasteiger partial charge on any atom is -0.454 e. The van der Waals surface area contributed by atoms with Crippen molar-refractivity contribution in [2.24, 2.45) is 0 Å². The molecule has 0 spiro atoms. The van der Waals surface area contributed by atoms with Gasteiger partial charge in [0.2, 0.25) is 11.8 Å². The normalized spacial score (nSPS) is 16.3. The van der Waals surface area contributed by atoms with Gasteiger partial charge in [0.1, 0.15) is 11.8 Å². The van der Waals surface area contributed by atoms with Gasteiger partial charge in [-0.05, 0) is 43.5 Å². The third-order valence-corrected chi connectivity index (χ3v) is 4.35. The van der Waals surface area contributed by atoms with Crippen LogP contribution in [0, 0.1) is 0 Å². The van der Waals surface area contributed by atoms with E-state index in [9.17, 15) is 9.59 Å². The van der Waals surface area contributed by atoms with Crippen LogP contribution in [0.3, 0.4) is 0 Å². The lowest BCUT2D eigenvalue weighted by atomic mass is 10.2. The Labute approximate surface area is 153 Å². The maximum absolute atomic E-state index is 12.8. The van der Waals surface area contributed by atoms with Crippen LogP contribution in [0.25, 0.3) is 0 Å². The molecule has 6 heteroatoms. The SMILES string of the molecule is CCCC(=O)N1CCC[C@H]1C(=O)Nc1ccccc1Oc1cccnc1. The van der Waals surface area contributed by atoms with E-state index in [-0.39, 0.29) is 11.8 Å². The van der Waals surface area contributed by atoms with Crippen LogP contribution in [-0.2, 0) is 9.59 Å². The van der Waals surface area contributed by atoms with Crippen molar-refractivity contribution in [3.05, 3.63) is 48.8 Å². The maximum atomic E-state index is 12.8. The number of likely N-dealkylation sites (tertiary alicyclic amines) is 1. The summed E-state index contributed by atoms with van der Waals surface area (Å²) in [5.41, 5.74) is 0.580. The molecule has 1 N–H and O–H groups in total. The van der Waals surface area contributed by atoms with Crippen LogP contribution in [0.2, 0.25) is 0 Å². The minimum atomic E-state index is -0.416. The van der Waals surface area contributed by atoms with Gasteiger partial charge in [0, 0.05) is 19.2 Å². The topological polar surface area (TPSA) is 71.5 Å². The average Bonchev–Trinajstić information content (AvgIpc) is 3.14. The number of ether oxygens (including phenoxy) is 1. The zero-order valence-corrected chi connectivity index (χ0v) is 14.9. The van der Waals surface area contributed by atoms with Crippen molar-refractivity contribution in [2.75, 3.05) is 11.9 Å². The Kier molecular flexibility index (Phi) is 5.84. The number of aromatic nitrogens is 1. The highest BCUT2D eigenvalue weighted by Gasteiger charge is 2.33. The summed E-state index contributed by atoms with van der Waals surface area (Å²) < 4.78 is 5.83. The number of amides is 2. The highest BCUT2D eigenvalue weighted by Crippen LogP contribution is 2.30. The molecule has 1 atom stereocenters. The molecular weight excluding hydrogens is 330 g/mol. The summed E-state index contributed by atoms with van der Waals surface area (Å²) >= 11 is 0. The van der Waals surface area contributed by atoms with Crippen LogP contribution in [0.4, 0.5) is 5.69 Å². The van der Waals surface area contributed by atoms with Crippen molar-refractivity contribution in [2.45, 2.75) is 38.6 Å². The van der Waals surface area contributed by atoms with Crippen LogP contribution >= 0.6 is 0 Å². The largest absolute Gasteiger partial charge is 0.454 e. The van der Waals surface area contributed by atoms with Crippen molar-refractivity contribution >= 4 is 17.5 Å². The molecule has 2 aromatic rings. The smallest absolute Gasteiger partial charge is 0.247 e. The lowest BCUT2D eigenvalue weighted by Gasteiger charge is -2.24. The van der Waals surface area contributed by atoms with E-state index in [0.717, 1.165) is 12.8 Å². The van der Waals surface area contributed by atoms with Gasteiger partial charge in [0.15, 0.2) is 5.75 Å². The molecule has 136 valence electrons. The first-order valence-corrected chi connectivity index (χ1v) is 8.96. The Balaban J connectivity index is 1.72. The summed E-state index contributed by atoms with van der Waals surface area (Å²) in [5.74, 6) is 1.01. The van der Waals surface area contributed by atoms with Gasteiger partial charge in [-0.1, -0.05) is 19.1 Å². The Morgan fingerprint density at radius 2 is 2.12 bits per heavy atom. The summed E-state index contributed by atoms with van der Waals surface area (Å²) in [6.07, 6.45) is 6.08. The summed E-state index contributed by atoms with van der Waals surface area (Å²) in [4.78, 5) is 30.7. The van der Waals surface area contributed by atoms with Gasteiger partial charge in [-0.15, -0.1) is 0 Å². The number of carbonyl (C=O) groups excluding carboxylic acids is 2. The molecule has 26 heavy (non-hydrogen) atoms. The Bertz CT molecular complexity index is 764. The van der Waals surface area contributed by atoms with Crippen molar-refractivity contribution in [1.29, 1.82) is 0 Å². The summed E-state index contributed by atoms with van der Waals surface area (Å²) in [5, 5.41) is 2.92. The van der Waals surface area contributed by atoms with Gasteiger partial charge in [0.25, 0.3) is 0 Å². The number of rotatable bonds is 6. The first-order chi connectivity index (χ1) is 12.7. The fourth-order valence-electron chi connectivity index (χ4n) is 3.10. The Morgan fingerprint density at radius 1 is 1.27 bits per heavy atom.